The largest absolute Gasteiger partial charge is 0.330 e. The molecule has 3 aromatic rings. The van der Waals surface area contributed by atoms with Gasteiger partial charge in [0.1, 0.15) is 6.33 Å². The first-order valence-corrected chi connectivity index (χ1v) is 10.6. The van der Waals surface area contributed by atoms with Gasteiger partial charge in [0.25, 0.3) is 5.89 Å². The number of likely N-dealkylation sites (tertiary alicyclic amines) is 1. The van der Waals surface area contributed by atoms with Crippen LogP contribution in [0.15, 0.2) is 35.1 Å². The van der Waals surface area contributed by atoms with E-state index in [2.05, 4.69) is 48.6 Å². The minimum absolute atomic E-state index is 0.332. The summed E-state index contributed by atoms with van der Waals surface area (Å²) in [5, 5.41) is 12.1. The van der Waals surface area contributed by atoms with Crippen molar-refractivity contribution in [3.8, 4) is 23.1 Å². The Morgan fingerprint density at radius 1 is 1.10 bits per heavy atom. The van der Waals surface area contributed by atoms with E-state index < -0.39 is 0 Å². The van der Waals surface area contributed by atoms with Crippen molar-refractivity contribution in [3.05, 3.63) is 36.2 Å². The van der Waals surface area contributed by atoms with Gasteiger partial charge in [0.05, 0.1) is 6.04 Å². The lowest BCUT2D eigenvalue weighted by Crippen LogP contribution is -2.31. The van der Waals surface area contributed by atoms with Crippen molar-refractivity contribution in [1.29, 1.82) is 0 Å². The summed E-state index contributed by atoms with van der Waals surface area (Å²) in [4.78, 5) is 11.5. The molecule has 2 aromatic heterocycles. The van der Waals surface area contributed by atoms with Crippen molar-refractivity contribution in [2.24, 2.45) is 0 Å². The third-order valence-electron chi connectivity index (χ3n) is 5.81. The number of rotatable bonds is 5. The molecule has 0 saturated carbocycles. The average molecular weight is 393 g/mol. The standard InChI is InChI=1S/C21H27N7O/c1-2-10-27(11-3-1)14-16-6-4-7-17(12-16)19-24-21(29-26-19)20-23-15-28(25-20)18-8-5-9-22-13-18/h4,6-7,12,15,18,22H,1-3,5,8-11,13-14H2. The van der Waals surface area contributed by atoms with Crippen LogP contribution in [0.1, 0.15) is 43.7 Å². The van der Waals surface area contributed by atoms with Gasteiger partial charge >= 0.3 is 0 Å². The van der Waals surface area contributed by atoms with Crippen molar-refractivity contribution in [2.75, 3.05) is 26.2 Å². The second-order valence-electron chi connectivity index (χ2n) is 8.01. The van der Waals surface area contributed by atoms with Crippen LogP contribution >= 0.6 is 0 Å². The summed E-state index contributed by atoms with van der Waals surface area (Å²) in [5.41, 5.74) is 2.24. The van der Waals surface area contributed by atoms with Crippen molar-refractivity contribution in [1.82, 2.24) is 35.1 Å². The van der Waals surface area contributed by atoms with E-state index in [-0.39, 0.29) is 0 Å². The summed E-state index contributed by atoms with van der Waals surface area (Å²) in [5.74, 6) is 1.43. The fourth-order valence-corrected chi connectivity index (χ4v) is 4.22. The van der Waals surface area contributed by atoms with Crippen LogP contribution in [0.5, 0.6) is 0 Å². The summed E-state index contributed by atoms with van der Waals surface area (Å²) in [7, 11) is 0. The zero-order chi connectivity index (χ0) is 19.5. The van der Waals surface area contributed by atoms with Crippen molar-refractivity contribution in [2.45, 2.75) is 44.7 Å². The molecule has 0 radical (unpaired) electrons. The molecule has 152 valence electrons. The Kier molecular flexibility index (Phi) is 5.36. The van der Waals surface area contributed by atoms with E-state index in [0.717, 1.165) is 38.0 Å². The molecule has 1 N–H and O–H groups in total. The molecular formula is C21H27N7O. The number of aromatic nitrogens is 5. The molecule has 1 unspecified atom stereocenters. The van der Waals surface area contributed by atoms with Crippen LogP contribution in [-0.4, -0.2) is 56.0 Å². The van der Waals surface area contributed by atoms with Crippen LogP contribution in [0.4, 0.5) is 0 Å². The third-order valence-corrected chi connectivity index (χ3v) is 5.81. The maximum Gasteiger partial charge on any atom is 0.297 e. The molecule has 2 aliphatic rings. The molecule has 2 saturated heterocycles. The molecule has 5 rings (SSSR count). The van der Waals surface area contributed by atoms with Gasteiger partial charge < -0.3 is 9.84 Å². The first kappa shape index (κ1) is 18.4. The zero-order valence-electron chi connectivity index (χ0n) is 16.6. The second kappa shape index (κ2) is 8.42. The molecule has 0 amide bonds. The van der Waals surface area contributed by atoms with Crippen LogP contribution < -0.4 is 5.32 Å². The maximum absolute atomic E-state index is 5.47. The lowest BCUT2D eigenvalue weighted by atomic mass is 10.1. The fraction of sp³-hybridized carbons (Fsp3) is 0.524. The second-order valence-corrected chi connectivity index (χ2v) is 8.01. The Hall–Kier alpha value is -2.58. The number of nitrogens with one attached hydrogen (secondary N) is 1. The Morgan fingerprint density at radius 3 is 2.90 bits per heavy atom. The van der Waals surface area contributed by atoms with Crippen LogP contribution in [0.3, 0.4) is 0 Å². The highest BCUT2D eigenvalue weighted by molar-refractivity contribution is 5.57. The normalized spacial score (nSPS) is 20.8. The van der Waals surface area contributed by atoms with E-state index in [0.29, 0.717) is 23.6 Å². The Labute approximate surface area is 170 Å². The highest BCUT2D eigenvalue weighted by Crippen LogP contribution is 2.23. The van der Waals surface area contributed by atoms with Crippen LogP contribution in [0.25, 0.3) is 23.1 Å². The Morgan fingerprint density at radius 2 is 2.03 bits per heavy atom. The van der Waals surface area contributed by atoms with E-state index in [1.165, 1.54) is 37.9 Å². The van der Waals surface area contributed by atoms with Crippen molar-refractivity contribution in [3.63, 3.8) is 0 Å². The zero-order valence-corrected chi connectivity index (χ0v) is 16.6. The van der Waals surface area contributed by atoms with E-state index in [1.54, 1.807) is 6.33 Å². The summed E-state index contributed by atoms with van der Waals surface area (Å²) < 4.78 is 7.38. The highest BCUT2D eigenvalue weighted by atomic mass is 16.5. The van der Waals surface area contributed by atoms with Gasteiger partial charge in [-0.1, -0.05) is 29.8 Å². The molecule has 0 spiro atoms. The number of hydrogen-bond donors (Lipinski definition) is 1. The molecule has 2 fully saturated rings. The smallest absolute Gasteiger partial charge is 0.297 e. The summed E-state index contributed by atoms with van der Waals surface area (Å²) >= 11 is 0. The summed E-state index contributed by atoms with van der Waals surface area (Å²) in [6.45, 7) is 5.33. The van der Waals surface area contributed by atoms with E-state index in [1.807, 2.05) is 10.7 Å². The van der Waals surface area contributed by atoms with Gasteiger partial charge in [-0.05, 0) is 56.9 Å². The first-order valence-electron chi connectivity index (χ1n) is 10.6. The van der Waals surface area contributed by atoms with Gasteiger partial charge in [-0.25, -0.2) is 9.67 Å². The van der Waals surface area contributed by atoms with Crippen LogP contribution in [-0.2, 0) is 6.54 Å². The lowest BCUT2D eigenvalue weighted by molar-refractivity contribution is 0.221. The SMILES string of the molecule is c1cc(CN2CCCCC2)cc(-c2noc(-c3ncn(C4CCCNC4)n3)n2)c1. The topological polar surface area (TPSA) is 84.9 Å². The lowest BCUT2D eigenvalue weighted by Gasteiger charge is -2.26. The molecule has 8 nitrogen and oxygen atoms in total. The summed E-state index contributed by atoms with van der Waals surface area (Å²) in [6.07, 6.45) is 7.96. The molecule has 4 heterocycles. The summed E-state index contributed by atoms with van der Waals surface area (Å²) in [6, 6.07) is 8.74. The molecule has 29 heavy (non-hydrogen) atoms. The minimum atomic E-state index is 0.332. The van der Waals surface area contributed by atoms with Gasteiger partial charge in [0.15, 0.2) is 0 Å². The monoisotopic (exact) mass is 393 g/mol. The maximum atomic E-state index is 5.47. The average Bonchev–Trinajstić information content (AvgIpc) is 3.45. The van der Waals surface area contributed by atoms with Crippen molar-refractivity contribution >= 4 is 0 Å². The van der Waals surface area contributed by atoms with Gasteiger partial charge in [-0.3, -0.25) is 4.90 Å². The van der Waals surface area contributed by atoms with E-state index in [4.69, 9.17) is 4.52 Å². The predicted molar refractivity (Wildman–Crippen MR) is 109 cm³/mol. The molecule has 0 aliphatic carbocycles. The Balaban J connectivity index is 1.31. The van der Waals surface area contributed by atoms with Crippen molar-refractivity contribution < 1.29 is 4.52 Å². The number of benzene rings is 1. The third kappa shape index (κ3) is 4.23. The number of piperidine rings is 2. The van der Waals surface area contributed by atoms with Gasteiger partial charge in [0.2, 0.25) is 11.6 Å². The van der Waals surface area contributed by atoms with Gasteiger partial charge in [0, 0.05) is 18.7 Å². The van der Waals surface area contributed by atoms with Crippen LogP contribution in [0.2, 0.25) is 0 Å². The number of nitrogens with zero attached hydrogens (tertiary/aromatic N) is 6. The van der Waals surface area contributed by atoms with Crippen LogP contribution in [0, 0.1) is 0 Å². The van der Waals surface area contributed by atoms with Gasteiger partial charge in [-0.2, -0.15) is 4.98 Å². The predicted octanol–water partition coefficient (Wildman–Crippen LogP) is 2.91. The first-order chi connectivity index (χ1) is 14.3. The molecular weight excluding hydrogens is 366 g/mol. The van der Waals surface area contributed by atoms with E-state index >= 15 is 0 Å². The Bertz CT molecular complexity index is 938. The molecule has 1 aromatic carbocycles. The quantitative estimate of drug-likeness (QED) is 0.713. The minimum Gasteiger partial charge on any atom is -0.330 e. The number of hydrogen-bond acceptors (Lipinski definition) is 7. The fourth-order valence-electron chi connectivity index (χ4n) is 4.22. The van der Waals surface area contributed by atoms with E-state index in [9.17, 15) is 0 Å². The van der Waals surface area contributed by atoms with Gasteiger partial charge in [-0.15, -0.1) is 5.10 Å². The molecule has 2 aliphatic heterocycles. The molecule has 8 heteroatoms. The molecule has 0 bridgehead atoms. The highest BCUT2D eigenvalue weighted by Gasteiger charge is 2.20. The molecule has 1 atom stereocenters.